The predicted octanol–water partition coefficient (Wildman–Crippen LogP) is 3.14. The third-order valence-corrected chi connectivity index (χ3v) is 3.81. The molecule has 0 saturated heterocycles. The van der Waals surface area contributed by atoms with Crippen LogP contribution in [-0.2, 0) is 0 Å². The van der Waals surface area contributed by atoms with E-state index in [1.165, 1.54) is 36.8 Å². The summed E-state index contributed by atoms with van der Waals surface area (Å²) in [5, 5.41) is 9.32. The van der Waals surface area contributed by atoms with Gasteiger partial charge in [0, 0.05) is 16.8 Å². The van der Waals surface area contributed by atoms with Gasteiger partial charge in [-0.05, 0) is 18.2 Å². The molecule has 1 amide bonds. The normalized spacial score (nSPS) is 10.8. The largest absolute Gasteiger partial charge is 0.434 e. The fraction of sp³-hybridized carbons (Fsp3) is 0.0625. The van der Waals surface area contributed by atoms with Crippen molar-refractivity contribution in [2.45, 2.75) is 6.61 Å². The number of H-pyrrole nitrogens is 1. The average Bonchev–Trinajstić information content (AvgIpc) is 3.06. The Balaban J connectivity index is 1.96. The number of halogens is 3. The molecule has 2 aromatic heterocycles. The van der Waals surface area contributed by atoms with Crippen LogP contribution in [0.2, 0.25) is 5.02 Å². The lowest BCUT2D eigenvalue weighted by molar-refractivity contribution is -0.0494. The van der Waals surface area contributed by atoms with Crippen molar-refractivity contribution >= 4 is 34.6 Å². The number of ether oxygens (including phenoxy) is 1. The van der Waals surface area contributed by atoms with E-state index >= 15 is 0 Å². The number of pyridine rings is 1. The molecule has 6 N–H and O–H groups in total. The number of hydrogen-bond acceptors (Lipinski definition) is 6. The van der Waals surface area contributed by atoms with E-state index in [4.69, 9.17) is 23.1 Å². The zero-order valence-corrected chi connectivity index (χ0v) is 14.3. The molecule has 8 nitrogen and oxygen atoms in total. The van der Waals surface area contributed by atoms with Crippen molar-refractivity contribution in [2.24, 2.45) is 0 Å². The van der Waals surface area contributed by atoms with Crippen LogP contribution in [0.4, 0.5) is 25.8 Å². The fourth-order valence-corrected chi connectivity index (χ4v) is 2.51. The highest BCUT2D eigenvalue weighted by Crippen LogP contribution is 2.36. The number of alkyl halides is 2. The molecule has 0 aliphatic heterocycles. The van der Waals surface area contributed by atoms with E-state index in [0.29, 0.717) is 0 Å². The van der Waals surface area contributed by atoms with Gasteiger partial charge in [0.2, 0.25) is 0 Å². The second-order valence-corrected chi connectivity index (χ2v) is 5.76. The number of aromatic nitrogens is 3. The minimum Gasteiger partial charge on any atom is -0.434 e. The number of hydrogen-bond donors (Lipinski definition) is 4. The lowest BCUT2D eigenvalue weighted by Gasteiger charge is -2.12. The van der Waals surface area contributed by atoms with E-state index in [1.54, 1.807) is 0 Å². The number of nitrogens with zero attached hydrogens (tertiary/aromatic N) is 2. The number of carbonyl (C=O) groups excluding carboxylic acids is 1. The van der Waals surface area contributed by atoms with E-state index in [9.17, 15) is 13.6 Å². The third-order valence-electron chi connectivity index (χ3n) is 3.58. The number of nitrogens with two attached hydrogens (primary N) is 2. The quantitative estimate of drug-likeness (QED) is 0.525. The summed E-state index contributed by atoms with van der Waals surface area (Å²) < 4.78 is 29.9. The summed E-state index contributed by atoms with van der Waals surface area (Å²) in [5.41, 5.74) is 12.3. The lowest BCUT2D eigenvalue weighted by atomic mass is 10.1. The van der Waals surface area contributed by atoms with Crippen LogP contribution >= 0.6 is 11.6 Å². The Kier molecular flexibility index (Phi) is 5.08. The topological polar surface area (TPSA) is 132 Å². The maximum absolute atomic E-state index is 12.7. The highest BCUT2D eigenvalue weighted by molar-refractivity contribution is 6.31. The zero-order valence-electron chi connectivity index (χ0n) is 13.5. The highest BCUT2D eigenvalue weighted by Gasteiger charge is 2.19. The molecule has 3 rings (SSSR count). The third kappa shape index (κ3) is 3.90. The van der Waals surface area contributed by atoms with Crippen molar-refractivity contribution in [3.05, 3.63) is 47.4 Å². The first-order chi connectivity index (χ1) is 12.9. The van der Waals surface area contributed by atoms with Gasteiger partial charge in [-0.25, -0.2) is 0 Å². The maximum atomic E-state index is 12.7. The van der Waals surface area contributed by atoms with E-state index in [2.05, 4.69) is 25.2 Å². The molecule has 0 spiro atoms. The molecular formula is C16H13ClF2N6O2. The van der Waals surface area contributed by atoms with Crippen LogP contribution in [0.3, 0.4) is 0 Å². The monoisotopic (exact) mass is 394 g/mol. The Hall–Kier alpha value is -3.40. The molecule has 0 aliphatic carbocycles. The summed E-state index contributed by atoms with van der Waals surface area (Å²) in [4.78, 5) is 16.3. The van der Waals surface area contributed by atoms with Gasteiger partial charge in [-0.2, -0.15) is 13.9 Å². The number of amides is 1. The van der Waals surface area contributed by atoms with Gasteiger partial charge in [0.25, 0.3) is 5.91 Å². The molecule has 140 valence electrons. The molecule has 0 saturated carbocycles. The van der Waals surface area contributed by atoms with Gasteiger partial charge in [0.05, 0.1) is 40.7 Å². The minimum absolute atomic E-state index is 0.0531. The van der Waals surface area contributed by atoms with Crippen LogP contribution in [0.5, 0.6) is 5.75 Å². The minimum atomic E-state index is -3.04. The number of benzene rings is 1. The second-order valence-electron chi connectivity index (χ2n) is 5.32. The summed E-state index contributed by atoms with van der Waals surface area (Å²) in [5.74, 6) is -0.743. The zero-order chi connectivity index (χ0) is 19.6. The standard InChI is InChI=1S/C16H13ClF2N6O2/c17-7-1-2-12(27-16(18)19)8(3-7)14-11(6-23-25-14)24-15(26)9-4-22-5-10(20)13(9)21/h1-6,16H,20H2,(H2,21,22)(H,23,25)(H,24,26). The van der Waals surface area contributed by atoms with E-state index in [0.717, 1.165) is 0 Å². The average molecular weight is 395 g/mol. The molecular weight excluding hydrogens is 382 g/mol. The number of anilines is 3. The van der Waals surface area contributed by atoms with Crippen LogP contribution in [0.15, 0.2) is 36.8 Å². The first kappa shape index (κ1) is 18.4. The first-order valence-corrected chi connectivity index (χ1v) is 7.83. The first-order valence-electron chi connectivity index (χ1n) is 7.45. The van der Waals surface area contributed by atoms with Gasteiger partial charge in [0.1, 0.15) is 5.75 Å². The highest BCUT2D eigenvalue weighted by atomic mass is 35.5. The van der Waals surface area contributed by atoms with Crippen molar-refractivity contribution in [1.29, 1.82) is 0 Å². The van der Waals surface area contributed by atoms with Crippen LogP contribution in [0.1, 0.15) is 10.4 Å². The van der Waals surface area contributed by atoms with E-state index in [1.807, 2.05) is 0 Å². The maximum Gasteiger partial charge on any atom is 0.387 e. The summed E-state index contributed by atoms with van der Waals surface area (Å²) >= 11 is 5.96. The summed E-state index contributed by atoms with van der Waals surface area (Å²) in [6.45, 7) is -3.04. The van der Waals surface area contributed by atoms with Gasteiger partial charge < -0.3 is 21.5 Å². The molecule has 2 heterocycles. The predicted molar refractivity (Wildman–Crippen MR) is 96.7 cm³/mol. The van der Waals surface area contributed by atoms with Gasteiger partial charge >= 0.3 is 6.61 Å². The van der Waals surface area contributed by atoms with Crippen molar-refractivity contribution in [2.75, 3.05) is 16.8 Å². The van der Waals surface area contributed by atoms with Crippen molar-refractivity contribution < 1.29 is 18.3 Å². The summed E-state index contributed by atoms with van der Waals surface area (Å²) in [7, 11) is 0. The molecule has 0 radical (unpaired) electrons. The van der Waals surface area contributed by atoms with Crippen LogP contribution in [-0.4, -0.2) is 27.7 Å². The Labute approximate surface area is 156 Å². The molecule has 0 unspecified atom stereocenters. The van der Waals surface area contributed by atoms with E-state index in [-0.39, 0.29) is 44.7 Å². The lowest BCUT2D eigenvalue weighted by Crippen LogP contribution is -2.15. The summed E-state index contributed by atoms with van der Waals surface area (Å²) in [6, 6.07) is 4.09. The van der Waals surface area contributed by atoms with Crippen molar-refractivity contribution in [3.63, 3.8) is 0 Å². The number of aromatic amines is 1. The smallest absolute Gasteiger partial charge is 0.387 e. The summed E-state index contributed by atoms with van der Waals surface area (Å²) in [6.07, 6.45) is 3.87. The van der Waals surface area contributed by atoms with Crippen molar-refractivity contribution in [3.8, 4) is 17.0 Å². The van der Waals surface area contributed by atoms with Crippen LogP contribution in [0, 0.1) is 0 Å². The number of nitrogen functional groups attached to an aromatic ring is 2. The SMILES string of the molecule is Nc1cncc(C(=O)Nc2cn[nH]c2-c2cc(Cl)ccc2OC(F)F)c1N. The molecule has 1 aromatic carbocycles. The van der Waals surface area contributed by atoms with Gasteiger partial charge in [-0.3, -0.25) is 14.9 Å². The van der Waals surface area contributed by atoms with Crippen molar-refractivity contribution in [1.82, 2.24) is 15.2 Å². The molecule has 0 bridgehead atoms. The second kappa shape index (κ2) is 7.46. The number of rotatable bonds is 5. The van der Waals surface area contributed by atoms with Crippen LogP contribution < -0.4 is 21.5 Å². The van der Waals surface area contributed by atoms with Gasteiger partial charge in [-0.15, -0.1) is 0 Å². The Morgan fingerprint density at radius 2 is 2.04 bits per heavy atom. The molecule has 3 aromatic rings. The molecule has 0 fully saturated rings. The van der Waals surface area contributed by atoms with Gasteiger partial charge in [-0.1, -0.05) is 11.6 Å². The van der Waals surface area contributed by atoms with E-state index < -0.39 is 12.5 Å². The van der Waals surface area contributed by atoms with Gasteiger partial charge in [0.15, 0.2) is 0 Å². The molecule has 11 heteroatoms. The number of carbonyl (C=O) groups is 1. The number of nitrogens with one attached hydrogen (secondary N) is 2. The fourth-order valence-electron chi connectivity index (χ4n) is 2.34. The Morgan fingerprint density at radius 3 is 2.78 bits per heavy atom. The molecule has 27 heavy (non-hydrogen) atoms. The molecule has 0 atom stereocenters. The molecule has 0 aliphatic rings. The van der Waals surface area contributed by atoms with Crippen LogP contribution in [0.25, 0.3) is 11.3 Å². The Bertz CT molecular complexity index is 995. The Morgan fingerprint density at radius 1 is 1.26 bits per heavy atom.